The summed E-state index contributed by atoms with van der Waals surface area (Å²) < 4.78 is 7.16. The highest BCUT2D eigenvalue weighted by Crippen LogP contribution is 2.28. The third-order valence-electron chi connectivity index (χ3n) is 2.89. The molecule has 5 nitrogen and oxygen atoms in total. The van der Waals surface area contributed by atoms with Gasteiger partial charge in [0.1, 0.15) is 11.4 Å². The minimum atomic E-state index is -0.248. The van der Waals surface area contributed by atoms with E-state index in [1.165, 1.54) is 0 Å². The molecule has 0 aliphatic carbocycles. The fourth-order valence-corrected chi connectivity index (χ4v) is 2.12. The molecule has 0 atom stereocenters. The molecule has 1 aromatic heterocycles. The molecule has 1 heterocycles. The van der Waals surface area contributed by atoms with Crippen LogP contribution in [0.5, 0.6) is 5.75 Å². The van der Waals surface area contributed by atoms with E-state index in [0.29, 0.717) is 28.8 Å². The third kappa shape index (κ3) is 3.76. The number of carbonyl (C=O) groups is 1. The number of hydrogen-bond acceptors (Lipinski definition) is 3. The van der Waals surface area contributed by atoms with Crippen LogP contribution >= 0.6 is 11.6 Å². The molecule has 112 valence electrons. The van der Waals surface area contributed by atoms with Gasteiger partial charge in [0.15, 0.2) is 0 Å². The van der Waals surface area contributed by atoms with Crippen LogP contribution in [0.4, 0.5) is 5.69 Å². The van der Waals surface area contributed by atoms with Crippen molar-refractivity contribution in [3.8, 4) is 5.75 Å². The topological polar surface area (TPSA) is 56.1 Å². The summed E-state index contributed by atoms with van der Waals surface area (Å²) in [4.78, 5) is 12.3. The van der Waals surface area contributed by atoms with Crippen molar-refractivity contribution in [1.29, 1.82) is 0 Å². The molecular formula is C15H18ClN3O2. The summed E-state index contributed by atoms with van der Waals surface area (Å²) in [6, 6.07) is 6.89. The Bertz CT molecular complexity index is 652. The van der Waals surface area contributed by atoms with Crippen LogP contribution in [0.15, 0.2) is 24.3 Å². The number of nitrogens with zero attached hydrogens (tertiary/aromatic N) is 2. The van der Waals surface area contributed by atoms with E-state index in [4.69, 9.17) is 16.3 Å². The molecule has 2 aromatic rings. The molecule has 0 radical (unpaired) electrons. The number of benzene rings is 1. The second-order valence-corrected chi connectivity index (χ2v) is 5.17. The van der Waals surface area contributed by atoms with Gasteiger partial charge in [-0.15, -0.1) is 0 Å². The zero-order valence-electron chi connectivity index (χ0n) is 12.3. The highest BCUT2D eigenvalue weighted by molar-refractivity contribution is 6.31. The summed E-state index contributed by atoms with van der Waals surface area (Å²) >= 11 is 5.99. The zero-order chi connectivity index (χ0) is 15.4. The number of hydrogen-bond donors (Lipinski definition) is 1. The van der Waals surface area contributed by atoms with Crippen molar-refractivity contribution in [1.82, 2.24) is 9.78 Å². The van der Waals surface area contributed by atoms with Crippen molar-refractivity contribution < 1.29 is 9.53 Å². The fourth-order valence-electron chi connectivity index (χ4n) is 1.95. The number of halogens is 1. The van der Waals surface area contributed by atoms with Gasteiger partial charge in [0.25, 0.3) is 5.91 Å². The van der Waals surface area contributed by atoms with E-state index in [2.05, 4.69) is 10.4 Å². The molecule has 1 aromatic carbocycles. The van der Waals surface area contributed by atoms with Gasteiger partial charge in [0.05, 0.1) is 18.0 Å². The lowest BCUT2D eigenvalue weighted by atomic mass is 10.2. The van der Waals surface area contributed by atoms with Crippen LogP contribution in [0.25, 0.3) is 0 Å². The molecule has 0 saturated carbocycles. The van der Waals surface area contributed by atoms with Gasteiger partial charge in [-0.25, -0.2) is 0 Å². The molecule has 1 N–H and O–H groups in total. The lowest BCUT2D eigenvalue weighted by molar-refractivity contribution is 0.101. The first kappa shape index (κ1) is 15.4. The monoisotopic (exact) mass is 307 g/mol. The molecule has 21 heavy (non-hydrogen) atoms. The molecule has 0 spiro atoms. The Hall–Kier alpha value is -2.01. The van der Waals surface area contributed by atoms with E-state index in [9.17, 15) is 4.79 Å². The Morgan fingerprint density at radius 3 is 2.81 bits per heavy atom. The summed E-state index contributed by atoms with van der Waals surface area (Å²) in [5.74, 6) is 0.357. The predicted molar refractivity (Wildman–Crippen MR) is 83.1 cm³/mol. The number of anilines is 1. The van der Waals surface area contributed by atoms with E-state index in [1.54, 1.807) is 36.0 Å². The minimum Gasteiger partial charge on any atom is -0.491 e. The first-order valence-corrected chi connectivity index (χ1v) is 7.13. The predicted octanol–water partition coefficient (Wildman–Crippen LogP) is 3.42. The van der Waals surface area contributed by atoms with Crippen molar-refractivity contribution in [3.05, 3.63) is 40.7 Å². The van der Waals surface area contributed by atoms with Crippen molar-refractivity contribution in [2.75, 3.05) is 11.9 Å². The lowest BCUT2D eigenvalue weighted by Gasteiger charge is -2.12. The molecular weight excluding hydrogens is 290 g/mol. The second kappa shape index (κ2) is 6.63. The Morgan fingerprint density at radius 1 is 1.43 bits per heavy atom. The molecule has 0 saturated heterocycles. The average Bonchev–Trinajstić information content (AvgIpc) is 2.77. The number of rotatable bonds is 5. The van der Waals surface area contributed by atoms with E-state index >= 15 is 0 Å². The normalized spacial score (nSPS) is 10.5. The van der Waals surface area contributed by atoms with Crippen LogP contribution in [0, 0.1) is 6.92 Å². The quantitative estimate of drug-likeness (QED) is 0.920. The third-order valence-corrected chi connectivity index (χ3v) is 3.12. The van der Waals surface area contributed by atoms with Gasteiger partial charge < -0.3 is 10.1 Å². The maximum atomic E-state index is 12.3. The molecule has 2 rings (SSSR count). The number of aromatic nitrogens is 2. The van der Waals surface area contributed by atoms with Crippen molar-refractivity contribution in [2.45, 2.75) is 20.3 Å². The van der Waals surface area contributed by atoms with E-state index in [-0.39, 0.29) is 5.91 Å². The van der Waals surface area contributed by atoms with E-state index in [0.717, 1.165) is 12.1 Å². The first-order valence-electron chi connectivity index (χ1n) is 6.75. The van der Waals surface area contributed by atoms with Crippen molar-refractivity contribution >= 4 is 23.2 Å². The van der Waals surface area contributed by atoms with Gasteiger partial charge in [-0.05, 0) is 37.6 Å². The summed E-state index contributed by atoms with van der Waals surface area (Å²) in [6.07, 6.45) is 0.886. The van der Waals surface area contributed by atoms with E-state index in [1.807, 2.05) is 13.8 Å². The first-order chi connectivity index (χ1) is 10.0. The molecule has 0 aliphatic rings. The number of amides is 1. The van der Waals surface area contributed by atoms with Gasteiger partial charge in [-0.1, -0.05) is 18.5 Å². The Balaban J connectivity index is 2.23. The highest BCUT2D eigenvalue weighted by Gasteiger charge is 2.14. The summed E-state index contributed by atoms with van der Waals surface area (Å²) in [5.41, 5.74) is 1.82. The van der Waals surface area contributed by atoms with Gasteiger partial charge >= 0.3 is 0 Å². The minimum absolute atomic E-state index is 0.248. The van der Waals surface area contributed by atoms with Gasteiger partial charge in [-0.3, -0.25) is 9.48 Å². The molecule has 0 unspecified atom stereocenters. The van der Waals surface area contributed by atoms with Crippen LogP contribution in [0.3, 0.4) is 0 Å². The van der Waals surface area contributed by atoms with Crippen LogP contribution in [-0.4, -0.2) is 22.3 Å². The van der Waals surface area contributed by atoms with Crippen LogP contribution < -0.4 is 10.1 Å². The fraction of sp³-hybridized carbons (Fsp3) is 0.333. The SMILES string of the molecule is CCCOc1ccc(Cl)cc1NC(=O)c1cc(C)nn1C. The number of nitrogens with one attached hydrogen (secondary N) is 1. The van der Waals surface area contributed by atoms with Crippen LogP contribution in [0.2, 0.25) is 5.02 Å². The molecule has 0 bridgehead atoms. The van der Waals surface area contributed by atoms with Gasteiger partial charge in [0.2, 0.25) is 0 Å². The maximum absolute atomic E-state index is 12.3. The molecule has 6 heteroatoms. The smallest absolute Gasteiger partial charge is 0.274 e. The second-order valence-electron chi connectivity index (χ2n) is 4.74. The summed E-state index contributed by atoms with van der Waals surface area (Å²) in [6.45, 7) is 4.44. The number of aryl methyl sites for hydroxylation is 2. The van der Waals surface area contributed by atoms with Crippen molar-refractivity contribution in [3.63, 3.8) is 0 Å². The summed E-state index contributed by atoms with van der Waals surface area (Å²) in [7, 11) is 1.73. The molecule has 0 aliphatic heterocycles. The highest BCUT2D eigenvalue weighted by atomic mass is 35.5. The van der Waals surface area contributed by atoms with Crippen LogP contribution in [0.1, 0.15) is 29.5 Å². The maximum Gasteiger partial charge on any atom is 0.274 e. The average molecular weight is 308 g/mol. The largest absolute Gasteiger partial charge is 0.491 e. The van der Waals surface area contributed by atoms with Gasteiger partial charge in [-0.2, -0.15) is 5.10 Å². The Morgan fingerprint density at radius 2 is 2.19 bits per heavy atom. The van der Waals surface area contributed by atoms with E-state index < -0.39 is 0 Å². The Labute approximate surface area is 128 Å². The zero-order valence-corrected chi connectivity index (χ0v) is 13.1. The standard InChI is InChI=1S/C15H18ClN3O2/c1-4-7-21-14-6-5-11(16)9-12(14)17-15(20)13-8-10(2)18-19(13)3/h5-6,8-9H,4,7H2,1-3H3,(H,17,20). The summed E-state index contributed by atoms with van der Waals surface area (Å²) in [5, 5.41) is 7.52. The van der Waals surface area contributed by atoms with Crippen molar-refractivity contribution in [2.24, 2.45) is 7.05 Å². The number of carbonyl (C=O) groups excluding carboxylic acids is 1. The van der Waals surface area contributed by atoms with Gasteiger partial charge in [0, 0.05) is 12.1 Å². The molecule has 0 fully saturated rings. The molecule has 1 amide bonds. The number of ether oxygens (including phenoxy) is 1. The Kier molecular flexibility index (Phi) is 4.85. The lowest BCUT2D eigenvalue weighted by Crippen LogP contribution is -2.16. The van der Waals surface area contributed by atoms with Crippen LogP contribution in [-0.2, 0) is 7.05 Å².